The number of nitrogens with one attached hydrogen (secondary N) is 2. The molecule has 0 saturated heterocycles. The first-order chi connectivity index (χ1) is 11.9. The SMILES string of the molecule is Cc1cccc(NC(=O)CCc2cc3cc(C)c(C)cc3[nH]c2=O)c1. The standard InChI is InChI=1S/C21H22N2O2/c1-13-5-4-6-18(9-13)22-20(24)8-7-16-12-17-10-14(2)15(3)11-19(17)23-21(16)25/h4-6,9-12H,7-8H2,1-3H3,(H,22,24)(H,23,25). The van der Waals surface area contributed by atoms with E-state index in [1.54, 1.807) is 0 Å². The Labute approximate surface area is 146 Å². The molecule has 0 spiro atoms. The molecule has 3 rings (SSSR count). The van der Waals surface area contributed by atoms with Gasteiger partial charge in [0.1, 0.15) is 0 Å². The van der Waals surface area contributed by atoms with Gasteiger partial charge in [0.15, 0.2) is 0 Å². The number of H-pyrrole nitrogens is 1. The van der Waals surface area contributed by atoms with Crippen LogP contribution in [0.25, 0.3) is 10.9 Å². The largest absolute Gasteiger partial charge is 0.326 e. The van der Waals surface area contributed by atoms with E-state index in [1.807, 2.05) is 50.2 Å². The van der Waals surface area contributed by atoms with E-state index in [0.29, 0.717) is 12.0 Å². The van der Waals surface area contributed by atoms with Crippen molar-refractivity contribution in [2.45, 2.75) is 33.6 Å². The van der Waals surface area contributed by atoms with Crippen molar-refractivity contribution in [2.24, 2.45) is 0 Å². The van der Waals surface area contributed by atoms with Crippen molar-refractivity contribution in [1.29, 1.82) is 0 Å². The number of anilines is 1. The highest BCUT2D eigenvalue weighted by molar-refractivity contribution is 5.91. The fraction of sp³-hybridized carbons (Fsp3) is 0.238. The number of aromatic nitrogens is 1. The molecular weight excluding hydrogens is 312 g/mol. The minimum absolute atomic E-state index is 0.0924. The number of aryl methyl sites for hydroxylation is 4. The van der Waals surface area contributed by atoms with Crippen LogP contribution in [0.15, 0.2) is 47.3 Å². The summed E-state index contributed by atoms with van der Waals surface area (Å²) >= 11 is 0. The first kappa shape index (κ1) is 17.0. The zero-order chi connectivity index (χ0) is 18.0. The van der Waals surface area contributed by atoms with Crippen LogP contribution in [0.4, 0.5) is 5.69 Å². The predicted molar refractivity (Wildman–Crippen MR) is 102 cm³/mol. The van der Waals surface area contributed by atoms with Crippen LogP contribution in [0.1, 0.15) is 28.7 Å². The van der Waals surface area contributed by atoms with E-state index in [2.05, 4.69) is 23.3 Å². The Morgan fingerprint density at radius 2 is 1.80 bits per heavy atom. The molecule has 1 aromatic heterocycles. The van der Waals surface area contributed by atoms with Crippen LogP contribution in [0.3, 0.4) is 0 Å². The number of carbonyl (C=O) groups is 1. The van der Waals surface area contributed by atoms with Crippen LogP contribution in [0, 0.1) is 20.8 Å². The Morgan fingerprint density at radius 3 is 2.56 bits per heavy atom. The molecular formula is C21H22N2O2. The first-order valence-electron chi connectivity index (χ1n) is 8.42. The summed E-state index contributed by atoms with van der Waals surface area (Å²) in [6.07, 6.45) is 0.684. The van der Waals surface area contributed by atoms with Crippen LogP contribution in [-0.4, -0.2) is 10.9 Å². The number of hydrogen-bond acceptors (Lipinski definition) is 2. The van der Waals surface area contributed by atoms with Crippen LogP contribution >= 0.6 is 0 Å². The summed E-state index contributed by atoms with van der Waals surface area (Å²) < 4.78 is 0. The summed E-state index contributed by atoms with van der Waals surface area (Å²) in [6, 6.07) is 13.6. The van der Waals surface area contributed by atoms with Gasteiger partial charge in [-0.15, -0.1) is 0 Å². The maximum absolute atomic E-state index is 12.3. The van der Waals surface area contributed by atoms with E-state index in [0.717, 1.165) is 27.7 Å². The van der Waals surface area contributed by atoms with Crippen molar-refractivity contribution in [3.63, 3.8) is 0 Å². The highest BCUT2D eigenvalue weighted by atomic mass is 16.1. The minimum atomic E-state index is -0.126. The summed E-state index contributed by atoms with van der Waals surface area (Å²) in [5.74, 6) is -0.0924. The maximum atomic E-state index is 12.3. The second kappa shape index (κ2) is 6.93. The molecule has 2 N–H and O–H groups in total. The topological polar surface area (TPSA) is 62.0 Å². The quantitative estimate of drug-likeness (QED) is 0.757. The lowest BCUT2D eigenvalue weighted by molar-refractivity contribution is -0.116. The van der Waals surface area contributed by atoms with E-state index >= 15 is 0 Å². The second-order valence-corrected chi connectivity index (χ2v) is 6.57. The number of benzene rings is 2. The highest BCUT2D eigenvalue weighted by Crippen LogP contribution is 2.18. The molecule has 1 amide bonds. The van der Waals surface area contributed by atoms with Crippen molar-refractivity contribution < 1.29 is 4.79 Å². The van der Waals surface area contributed by atoms with Gasteiger partial charge >= 0.3 is 0 Å². The van der Waals surface area contributed by atoms with E-state index in [1.165, 1.54) is 5.56 Å². The number of aromatic amines is 1. The minimum Gasteiger partial charge on any atom is -0.326 e. The molecule has 0 fully saturated rings. The monoisotopic (exact) mass is 334 g/mol. The van der Waals surface area contributed by atoms with Gasteiger partial charge in [0, 0.05) is 23.2 Å². The Hall–Kier alpha value is -2.88. The number of pyridine rings is 1. The van der Waals surface area contributed by atoms with Gasteiger partial charge in [-0.1, -0.05) is 12.1 Å². The molecule has 0 bridgehead atoms. The normalized spacial score (nSPS) is 10.8. The third-order valence-electron chi connectivity index (χ3n) is 4.46. The average molecular weight is 334 g/mol. The molecule has 4 heteroatoms. The molecule has 3 aromatic rings. The number of fused-ring (bicyclic) bond motifs is 1. The summed E-state index contributed by atoms with van der Waals surface area (Å²) in [4.78, 5) is 27.3. The number of carbonyl (C=O) groups excluding carboxylic acids is 1. The molecule has 0 aliphatic heterocycles. The molecule has 1 heterocycles. The lowest BCUT2D eigenvalue weighted by Gasteiger charge is -2.08. The van der Waals surface area contributed by atoms with Gasteiger partial charge in [0.05, 0.1) is 0 Å². The summed E-state index contributed by atoms with van der Waals surface area (Å²) in [5.41, 5.74) is 5.55. The number of amides is 1. The predicted octanol–water partition coefficient (Wildman–Crippen LogP) is 4.02. The molecule has 0 radical (unpaired) electrons. The molecule has 2 aromatic carbocycles. The molecule has 128 valence electrons. The van der Waals surface area contributed by atoms with Crippen molar-refractivity contribution >= 4 is 22.5 Å². The van der Waals surface area contributed by atoms with Crippen molar-refractivity contribution in [2.75, 3.05) is 5.32 Å². The fourth-order valence-electron chi connectivity index (χ4n) is 2.90. The highest BCUT2D eigenvalue weighted by Gasteiger charge is 2.08. The van der Waals surface area contributed by atoms with Gasteiger partial charge in [-0.2, -0.15) is 0 Å². The number of rotatable bonds is 4. The second-order valence-electron chi connectivity index (χ2n) is 6.57. The lowest BCUT2D eigenvalue weighted by Crippen LogP contribution is -2.17. The van der Waals surface area contributed by atoms with E-state index in [4.69, 9.17) is 0 Å². The summed E-state index contributed by atoms with van der Waals surface area (Å²) in [7, 11) is 0. The first-order valence-corrected chi connectivity index (χ1v) is 8.42. The molecule has 0 atom stereocenters. The molecule has 4 nitrogen and oxygen atoms in total. The van der Waals surface area contributed by atoms with E-state index in [-0.39, 0.29) is 17.9 Å². The van der Waals surface area contributed by atoms with Crippen LogP contribution in [-0.2, 0) is 11.2 Å². The Morgan fingerprint density at radius 1 is 1.04 bits per heavy atom. The molecule has 0 aliphatic rings. The van der Waals surface area contributed by atoms with Crippen molar-refractivity contribution in [3.8, 4) is 0 Å². The lowest BCUT2D eigenvalue weighted by atomic mass is 10.0. The van der Waals surface area contributed by atoms with Crippen LogP contribution < -0.4 is 10.9 Å². The fourth-order valence-corrected chi connectivity index (χ4v) is 2.90. The third-order valence-corrected chi connectivity index (χ3v) is 4.46. The van der Waals surface area contributed by atoms with Gasteiger partial charge in [-0.25, -0.2) is 0 Å². The Kier molecular flexibility index (Phi) is 4.70. The maximum Gasteiger partial charge on any atom is 0.251 e. The zero-order valence-corrected chi connectivity index (χ0v) is 14.8. The van der Waals surface area contributed by atoms with Gasteiger partial charge in [-0.05, 0) is 79.6 Å². The smallest absolute Gasteiger partial charge is 0.251 e. The zero-order valence-electron chi connectivity index (χ0n) is 14.8. The molecule has 25 heavy (non-hydrogen) atoms. The molecule has 0 saturated carbocycles. The Bertz CT molecular complexity index is 1000. The van der Waals surface area contributed by atoms with Gasteiger partial charge in [0.2, 0.25) is 5.91 Å². The van der Waals surface area contributed by atoms with Crippen LogP contribution in [0.5, 0.6) is 0 Å². The van der Waals surface area contributed by atoms with Gasteiger partial charge < -0.3 is 10.3 Å². The average Bonchev–Trinajstić information content (AvgIpc) is 2.55. The van der Waals surface area contributed by atoms with Gasteiger partial charge in [0.25, 0.3) is 5.56 Å². The van der Waals surface area contributed by atoms with E-state index in [9.17, 15) is 9.59 Å². The van der Waals surface area contributed by atoms with Crippen molar-refractivity contribution in [3.05, 3.63) is 75.1 Å². The van der Waals surface area contributed by atoms with Crippen molar-refractivity contribution in [1.82, 2.24) is 4.98 Å². The third kappa shape index (κ3) is 3.97. The van der Waals surface area contributed by atoms with Gasteiger partial charge in [-0.3, -0.25) is 9.59 Å². The molecule has 0 aliphatic carbocycles. The molecule has 0 unspecified atom stereocenters. The summed E-state index contributed by atoms with van der Waals surface area (Å²) in [6.45, 7) is 6.06. The Balaban J connectivity index is 1.74. The van der Waals surface area contributed by atoms with Crippen LogP contribution in [0.2, 0.25) is 0 Å². The van der Waals surface area contributed by atoms with E-state index < -0.39 is 0 Å². The number of hydrogen-bond donors (Lipinski definition) is 2. The summed E-state index contributed by atoms with van der Waals surface area (Å²) in [5, 5.41) is 3.87.